The summed E-state index contributed by atoms with van der Waals surface area (Å²) in [5.74, 6) is -1.95. The number of esters is 1. The number of hydrogen-bond donors (Lipinski definition) is 3. The van der Waals surface area contributed by atoms with Crippen LogP contribution in [-0.2, 0) is 15.1 Å². The first-order chi connectivity index (χ1) is 18.3. The molecule has 4 atom stereocenters. The van der Waals surface area contributed by atoms with E-state index >= 15 is 4.39 Å². The smallest absolute Gasteiger partial charge is 0.337 e. The van der Waals surface area contributed by atoms with Crippen molar-refractivity contribution in [1.82, 2.24) is 5.32 Å². The number of carbonyl (C=O) groups is 2. The van der Waals surface area contributed by atoms with E-state index in [4.69, 9.17) is 22.1 Å². The van der Waals surface area contributed by atoms with Crippen LogP contribution >= 0.6 is 27.5 Å². The second kappa shape index (κ2) is 11.4. The van der Waals surface area contributed by atoms with Gasteiger partial charge in [-0.25, -0.2) is 9.18 Å². The second-order valence-electron chi connectivity index (χ2n) is 11.1. The summed E-state index contributed by atoms with van der Waals surface area (Å²) in [6, 6.07) is 17.2. The van der Waals surface area contributed by atoms with Crippen LogP contribution in [0.25, 0.3) is 0 Å². The zero-order chi connectivity index (χ0) is 28.5. The van der Waals surface area contributed by atoms with Gasteiger partial charge in [0.15, 0.2) is 0 Å². The van der Waals surface area contributed by atoms with E-state index in [9.17, 15) is 9.59 Å². The molecule has 206 valence electrons. The Morgan fingerprint density at radius 2 is 1.82 bits per heavy atom. The number of nitrogens with one attached hydrogen (secondary N) is 2. The molecule has 1 fully saturated rings. The third-order valence-corrected chi connectivity index (χ3v) is 7.81. The van der Waals surface area contributed by atoms with Gasteiger partial charge in [-0.1, -0.05) is 66.5 Å². The van der Waals surface area contributed by atoms with Crippen LogP contribution in [0.1, 0.15) is 54.6 Å². The highest BCUT2D eigenvalue weighted by Gasteiger charge is 2.57. The van der Waals surface area contributed by atoms with Gasteiger partial charge in [0.25, 0.3) is 0 Å². The standard InChI is InChI=1S/C30H32BrClFN3O3/c1-29(2,3)16-24-30(34,22-13-10-20(32)15-23(22)33)25(18-6-5-7-19(31)14-18)26(36-24)27(37)35-21-11-8-17(9-12-21)28(38)39-4/h5-15,24-26,36H,16,34H2,1-4H3,(H,35,37). The van der Waals surface area contributed by atoms with Gasteiger partial charge in [0, 0.05) is 32.7 Å². The molecule has 0 aromatic heterocycles. The molecule has 39 heavy (non-hydrogen) atoms. The highest BCUT2D eigenvalue weighted by atomic mass is 79.9. The molecule has 0 saturated carbocycles. The number of rotatable bonds is 6. The van der Waals surface area contributed by atoms with Crippen molar-refractivity contribution in [3.05, 3.63) is 98.7 Å². The Morgan fingerprint density at radius 1 is 1.13 bits per heavy atom. The Kier molecular flexibility index (Phi) is 8.52. The molecule has 1 saturated heterocycles. The van der Waals surface area contributed by atoms with E-state index in [-0.39, 0.29) is 21.9 Å². The molecule has 9 heteroatoms. The van der Waals surface area contributed by atoms with E-state index in [1.54, 1.807) is 36.4 Å². The van der Waals surface area contributed by atoms with Gasteiger partial charge in [-0.05, 0) is 65.9 Å². The molecule has 4 rings (SSSR count). The molecule has 4 N–H and O–H groups in total. The summed E-state index contributed by atoms with van der Waals surface area (Å²) in [6.07, 6.45) is 0.577. The van der Waals surface area contributed by atoms with E-state index in [1.165, 1.54) is 13.2 Å². The maximum absolute atomic E-state index is 15.6. The van der Waals surface area contributed by atoms with Crippen LogP contribution < -0.4 is 16.4 Å². The van der Waals surface area contributed by atoms with Crippen molar-refractivity contribution in [3.63, 3.8) is 0 Å². The lowest BCUT2D eigenvalue weighted by Gasteiger charge is -2.39. The Hall–Kier alpha value is -2.78. The number of ether oxygens (including phenoxy) is 1. The number of amides is 1. The van der Waals surface area contributed by atoms with Crippen LogP contribution in [0.2, 0.25) is 5.02 Å². The van der Waals surface area contributed by atoms with Crippen molar-refractivity contribution in [3.8, 4) is 0 Å². The van der Waals surface area contributed by atoms with E-state index in [0.717, 1.165) is 10.0 Å². The quantitative estimate of drug-likeness (QED) is 0.280. The largest absolute Gasteiger partial charge is 0.465 e. The van der Waals surface area contributed by atoms with Crippen molar-refractivity contribution in [2.75, 3.05) is 12.4 Å². The van der Waals surface area contributed by atoms with Crippen molar-refractivity contribution in [2.45, 2.75) is 50.7 Å². The first-order valence-electron chi connectivity index (χ1n) is 12.6. The van der Waals surface area contributed by atoms with E-state index in [1.807, 2.05) is 24.3 Å². The summed E-state index contributed by atoms with van der Waals surface area (Å²) in [7, 11) is 1.31. The summed E-state index contributed by atoms with van der Waals surface area (Å²) in [4.78, 5) is 25.7. The molecule has 1 aliphatic rings. The monoisotopic (exact) mass is 615 g/mol. The predicted molar refractivity (Wildman–Crippen MR) is 155 cm³/mol. The van der Waals surface area contributed by atoms with Crippen molar-refractivity contribution in [2.24, 2.45) is 11.1 Å². The fraction of sp³-hybridized carbons (Fsp3) is 0.333. The lowest BCUT2D eigenvalue weighted by atomic mass is 9.68. The topological polar surface area (TPSA) is 93.4 Å². The summed E-state index contributed by atoms with van der Waals surface area (Å²) in [5.41, 5.74) is 7.78. The Balaban J connectivity index is 1.81. The van der Waals surface area contributed by atoms with Gasteiger partial charge in [0.05, 0.1) is 24.3 Å². The molecule has 1 heterocycles. The van der Waals surface area contributed by atoms with Crippen LogP contribution in [0.3, 0.4) is 0 Å². The number of carbonyl (C=O) groups excluding carboxylic acids is 2. The molecule has 3 aromatic rings. The van der Waals surface area contributed by atoms with Crippen molar-refractivity contribution in [1.29, 1.82) is 0 Å². The number of halogens is 3. The van der Waals surface area contributed by atoms with E-state index in [0.29, 0.717) is 17.7 Å². The lowest BCUT2D eigenvalue weighted by Crippen LogP contribution is -2.52. The van der Waals surface area contributed by atoms with Crippen LogP contribution in [0.15, 0.2) is 71.2 Å². The van der Waals surface area contributed by atoms with Gasteiger partial charge in [0.1, 0.15) is 5.82 Å². The minimum Gasteiger partial charge on any atom is -0.465 e. The highest BCUT2D eigenvalue weighted by Crippen LogP contribution is 2.49. The Labute approximate surface area is 241 Å². The maximum Gasteiger partial charge on any atom is 0.337 e. The third kappa shape index (κ3) is 6.19. The average molecular weight is 617 g/mol. The molecule has 4 unspecified atom stereocenters. The first kappa shape index (κ1) is 29.2. The van der Waals surface area contributed by atoms with Crippen molar-refractivity contribution < 1.29 is 18.7 Å². The minimum atomic E-state index is -1.29. The number of hydrogen-bond acceptors (Lipinski definition) is 5. The van der Waals surface area contributed by atoms with Gasteiger partial charge in [-0.3, -0.25) is 4.79 Å². The van der Waals surface area contributed by atoms with Gasteiger partial charge >= 0.3 is 5.97 Å². The molecule has 0 spiro atoms. The van der Waals surface area contributed by atoms with Gasteiger partial charge in [-0.2, -0.15) is 0 Å². The molecule has 1 aliphatic heterocycles. The lowest BCUT2D eigenvalue weighted by molar-refractivity contribution is -0.118. The van der Waals surface area contributed by atoms with Crippen LogP contribution in [0.4, 0.5) is 10.1 Å². The van der Waals surface area contributed by atoms with Crippen LogP contribution in [0.5, 0.6) is 0 Å². The number of methoxy groups -OCH3 is 1. The fourth-order valence-corrected chi connectivity index (χ4v) is 5.98. The first-order valence-corrected chi connectivity index (χ1v) is 13.8. The molecule has 0 aliphatic carbocycles. The number of benzene rings is 3. The molecule has 3 aromatic carbocycles. The summed E-state index contributed by atoms with van der Waals surface area (Å²) >= 11 is 9.63. The average Bonchev–Trinajstić information content (AvgIpc) is 3.15. The Bertz CT molecular complexity index is 1380. The Morgan fingerprint density at radius 3 is 2.41 bits per heavy atom. The van der Waals surface area contributed by atoms with Crippen molar-refractivity contribution >= 4 is 45.1 Å². The SMILES string of the molecule is COC(=O)c1ccc(NC(=O)C2NC(CC(C)(C)C)C(N)(c3ccc(Cl)cc3F)C2c2cccc(Br)c2)cc1. The zero-order valence-electron chi connectivity index (χ0n) is 22.2. The van der Waals surface area contributed by atoms with Crippen LogP contribution in [0, 0.1) is 11.2 Å². The maximum atomic E-state index is 15.6. The molecule has 0 radical (unpaired) electrons. The van der Waals surface area contributed by atoms with E-state index < -0.39 is 35.3 Å². The van der Waals surface area contributed by atoms with Gasteiger partial charge in [-0.15, -0.1) is 0 Å². The summed E-state index contributed by atoms with van der Waals surface area (Å²) in [5, 5.41) is 6.69. The van der Waals surface area contributed by atoms with E-state index in [2.05, 4.69) is 47.3 Å². The minimum absolute atomic E-state index is 0.178. The molecule has 1 amide bonds. The third-order valence-electron chi connectivity index (χ3n) is 7.08. The summed E-state index contributed by atoms with van der Waals surface area (Å²) < 4.78 is 21.2. The second-order valence-corrected chi connectivity index (χ2v) is 12.5. The van der Waals surface area contributed by atoms with Crippen LogP contribution in [-0.4, -0.2) is 31.1 Å². The molecule has 6 nitrogen and oxygen atoms in total. The number of nitrogens with two attached hydrogens (primary N) is 1. The zero-order valence-corrected chi connectivity index (χ0v) is 24.6. The fourth-order valence-electron chi connectivity index (χ4n) is 5.40. The molecular weight excluding hydrogens is 585 g/mol. The number of anilines is 1. The highest BCUT2D eigenvalue weighted by molar-refractivity contribution is 9.10. The van der Waals surface area contributed by atoms with Gasteiger partial charge in [0.2, 0.25) is 5.91 Å². The summed E-state index contributed by atoms with van der Waals surface area (Å²) in [6.45, 7) is 6.24. The normalized spacial score (nSPS) is 22.9. The predicted octanol–water partition coefficient (Wildman–Crippen LogP) is 6.38. The molecular formula is C30H32BrClFN3O3. The van der Waals surface area contributed by atoms with Gasteiger partial charge < -0.3 is 21.1 Å². The molecule has 0 bridgehead atoms.